The number of piperazine rings is 1. The highest BCUT2D eigenvalue weighted by Gasteiger charge is 2.33. The van der Waals surface area contributed by atoms with Gasteiger partial charge in [0.05, 0.1) is 12.5 Å². The molecule has 13 nitrogen and oxygen atoms in total. The number of carbonyl (C=O) groups is 2. The van der Waals surface area contributed by atoms with Gasteiger partial charge in [-0.05, 0) is 41.8 Å². The van der Waals surface area contributed by atoms with Gasteiger partial charge in [0.25, 0.3) is 0 Å². The van der Waals surface area contributed by atoms with Crippen molar-refractivity contribution in [2.24, 2.45) is 0 Å². The van der Waals surface area contributed by atoms with Crippen molar-refractivity contribution in [1.29, 1.82) is 0 Å². The molecule has 0 saturated carbocycles. The maximum absolute atomic E-state index is 13.7. The van der Waals surface area contributed by atoms with Gasteiger partial charge in [-0.3, -0.25) is 14.2 Å². The van der Waals surface area contributed by atoms with Crippen LogP contribution in [0, 0.1) is 0 Å². The van der Waals surface area contributed by atoms with Crippen LogP contribution in [0.4, 0.5) is 5.82 Å². The summed E-state index contributed by atoms with van der Waals surface area (Å²) in [6.45, 7) is 2.31. The largest absolute Gasteiger partial charge is 0.454 e. The number of hydrogen-bond acceptors (Lipinski definition) is 10. The third-order valence-corrected chi connectivity index (χ3v) is 7.92. The predicted octanol–water partition coefficient (Wildman–Crippen LogP) is 2.13. The van der Waals surface area contributed by atoms with Gasteiger partial charge in [0.1, 0.15) is 24.3 Å². The molecule has 2 amide bonds. The van der Waals surface area contributed by atoms with Crippen LogP contribution in [0.5, 0.6) is 23.0 Å². The Balaban J connectivity index is 1.04. The number of rotatable bonds is 9. The Kier molecular flexibility index (Phi) is 7.57. The van der Waals surface area contributed by atoms with Gasteiger partial charge >= 0.3 is 0 Å². The Morgan fingerprint density at radius 3 is 2.36 bits per heavy atom. The average molecular weight is 598 g/mol. The molecule has 2 aromatic heterocycles. The Morgan fingerprint density at radius 2 is 1.59 bits per heavy atom. The highest BCUT2D eigenvalue weighted by atomic mass is 16.7. The monoisotopic (exact) mass is 597 g/mol. The molecule has 0 spiro atoms. The van der Waals surface area contributed by atoms with E-state index in [1.165, 1.54) is 6.33 Å². The summed E-state index contributed by atoms with van der Waals surface area (Å²) in [5.41, 5.74) is 1.87. The SMILES string of the molecule is O=C(CC1CN(c2cc(-n3ccnc3)ncn2)CCN1C(=O)Cc1ccc2c(c1)OCO2)NCCc1ccc2c(c1)OCO2. The lowest BCUT2D eigenvalue weighted by atomic mass is 10.0. The molecule has 1 N–H and O–H groups in total. The lowest BCUT2D eigenvalue weighted by Gasteiger charge is -2.42. The minimum atomic E-state index is -0.359. The second kappa shape index (κ2) is 12.1. The molecule has 2 aromatic carbocycles. The summed E-state index contributed by atoms with van der Waals surface area (Å²) in [4.78, 5) is 43.7. The Hall–Kier alpha value is -5.33. The molecule has 5 heterocycles. The number of carbonyl (C=O) groups excluding carboxylic acids is 2. The zero-order chi connectivity index (χ0) is 29.9. The second-order valence-corrected chi connectivity index (χ2v) is 10.7. The Morgan fingerprint density at radius 1 is 0.864 bits per heavy atom. The van der Waals surface area contributed by atoms with Gasteiger partial charge in [-0.1, -0.05) is 12.1 Å². The molecule has 3 aliphatic rings. The molecule has 44 heavy (non-hydrogen) atoms. The van der Waals surface area contributed by atoms with Crippen molar-refractivity contribution >= 4 is 17.6 Å². The first kappa shape index (κ1) is 27.5. The fourth-order valence-electron chi connectivity index (χ4n) is 5.67. The molecule has 1 fully saturated rings. The van der Waals surface area contributed by atoms with Crippen LogP contribution in [0.1, 0.15) is 17.5 Å². The fraction of sp³-hybridized carbons (Fsp3) is 0.323. The topological polar surface area (TPSA) is 133 Å². The molecule has 226 valence electrons. The molecule has 3 aliphatic heterocycles. The van der Waals surface area contributed by atoms with Crippen molar-refractivity contribution in [3.63, 3.8) is 0 Å². The molecule has 0 radical (unpaired) electrons. The van der Waals surface area contributed by atoms with Gasteiger partial charge in [-0.25, -0.2) is 15.0 Å². The van der Waals surface area contributed by atoms with Crippen LogP contribution >= 0.6 is 0 Å². The van der Waals surface area contributed by atoms with E-state index in [9.17, 15) is 9.59 Å². The summed E-state index contributed by atoms with van der Waals surface area (Å²) in [7, 11) is 0. The molecular weight excluding hydrogens is 566 g/mol. The van der Waals surface area contributed by atoms with Gasteiger partial charge in [0.2, 0.25) is 25.4 Å². The number of ether oxygens (including phenoxy) is 4. The third-order valence-electron chi connectivity index (χ3n) is 7.92. The van der Waals surface area contributed by atoms with Gasteiger partial charge < -0.3 is 34.1 Å². The number of nitrogens with one attached hydrogen (secondary N) is 1. The Bertz CT molecular complexity index is 1660. The highest BCUT2D eigenvalue weighted by Crippen LogP contribution is 2.34. The van der Waals surface area contributed by atoms with Crippen molar-refractivity contribution in [3.8, 4) is 28.8 Å². The summed E-state index contributed by atoms with van der Waals surface area (Å²) in [6, 6.07) is 12.8. The average Bonchev–Trinajstić information content (AvgIpc) is 3.83. The lowest BCUT2D eigenvalue weighted by molar-refractivity contribution is -0.134. The molecule has 0 aliphatic carbocycles. The van der Waals surface area contributed by atoms with Crippen molar-refractivity contribution in [2.45, 2.75) is 25.3 Å². The summed E-state index contributed by atoms with van der Waals surface area (Å²) < 4.78 is 23.5. The maximum atomic E-state index is 13.7. The van der Waals surface area contributed by atoms with Crippen LogP contribution in [-0.2, 0) is 22.4 Å². The highest BCUT2D eigenvalue weighted by molar-refractivity contribution is 5.82. The normalized spacial score (nSPS) is 16.7. The molecule has 1 unspecified atom stereocenters. The maximum Gasteiger partial charge on any atom is 0.231 e. The summed E-state index contributed by atoms with van der Waals surface area (Å²) in [6.07, 6.45) is 7.68. The van der Waals surface area contributed by atoms with E-state index in [4.69, 9.17) is 18.9 Å². The van der Waals surface area contributed by atoms with E-state index in [1.54, 1.807) is 17.1 Å². The van der Waals surface area contributed by atoms with Gasteiger partial charge in [-0.2, -0.15) is 0 Å². The third kappa shape index (κ3) is 5.93. The predicted molar refractivity (Wildman–Crippen MR) is 157 cm³/mol. The van der Waals surface area contributed by atoms with E-state index in [1.807, 2.05) is 53.6 Å². The van der Waals surface area contributed by atoms with E-state index >= 15 is 0 Å². The van der Waals surface area contributed by atoms with Crippen LogP contribution in [0.25, 0.3) is 5.82 Å². The minimum Gasteiger partial charge on any atom is -0.454 e. The van der Waals surface area contributed by atoms with E-state index in [0.717, 1.165) is 22.7 Å². The van der Waals surface area contributed by atoms with Gasteiger partial charge in [-0.15, -0.1) is 0 Å². The standard InChI is InChI=1S/C31H31N7O6/c39-30(33-6-5-21-1-3-24-26(11-21)43-19-41-24)14-23-16-36(28-15-29(35-17-34-28)37-8-7-32-18-37)9-10-38(23)31(40)13-22-2-4-25-27(12-22)44-20-42-25/h1-4,7-8,11-12,15,17-18,23H,5-6,9-10,13-14,16,19-20H2,(H,33,39). The lowest BCUT2D eigenvalue weighted by Crippen LogP contribution is -2.57. The summed E-state index contributed by atoms with van der Waals surface area (Å²) in [5.74, 6) is 3.98. The number of aromatic nitrogens is 4. The molecule has 1 saturated heterocycles. The minimum absolute atomic E-state index is 0.0523. The number of nitrogens with zero attached hydrogens (tertiary/aromatic N) is 6. The molecule has 4 aromatic rings. The molecular formula is C31H31N7O6. The van der Waals surface area contributed by atoms with E-state index < -0.39 is 0 Å². The number of fused-ring (bicyclic) bond motifs is 2. The number of anilines is 1. The quantitative estimate of drug-likeness (QED) is 0.306. The smallest absolute Gasteiger partial charge is 0.231 e. The summed E-state index contributed by atoms with van der Waals surface area (Å²) >= 11 is 0. The molecule has 7 rings (SSSR count). The number of amides is 2. The first-order valence-electron chi connectivity index (χ1n) is 14.5. The summed E-state index contributed by atoms with van der Waals surface area (Å²) in [5, 5.41) is 3.03. The first-order valence-corrected chi connectivity index (χ1v) is 14.5. The van der Waals surface area contributed by atoms with Crippen molar-refractivity contribution in [1.82, 2.24) is 29.7 Å². The van der Waals surface area contributed by atoms with Crippen LogP contribution in [-0.4, -0.2) is 82.0 Å². The first-order chi connectivity index (χ1) is 21.6. The van der Waals surface area contributed by atoms with Crippen LogP contribution in [0.3, 0.4) is 0 Å². The zero-order valence-electron chi connectivity index (χ0n) is 23.9. The number of hydrogen-bond donors (Lipinski definition) is 1. The molecule has 1 atom stereocenters. The van der Waals surface area contributed by atoms with Crippen LogP contribution < -0.4 is 29.2 Å². The number of benzene rings is 2. The van der Waals surface area contributed by atoms with Crippen LogP contribution in [0.2, 0.25) is 0 Å². The van der Waals surface area contributed by atoms with E-state index in [0.29, 0.717) is 55.7 Å². The Labute approximate surface area is 253 Å². The van der Waals surface area contributed by atoms with Gasteiger partial charge in [0, 0.05) is 51.1 Å². The van der Waals surface area contributed by atoms with E-state index in [-0.39, 0.29) is 44.3 Å². The zero-order valence-corrected chi connectivity index (χ0v) is 23.9. The van der Waals surface area contributed by atoms with Gasteiger partial charge in [0.15, 0.2) is 23.0 Å². The molecule has 13 heteroatoms. The van der Waals surface area contributed by atoms with Crippen molar-refractivity contribution in [2.75, 3.05) is 44.7 Å². The van der Waals surface area contributed by atoms with E-state index in [2.05, 4.69) is 25.2 Å². The van der Waals surface area contributed by atoms with Crippen molar-refractivity contribution in [3.05, 3.63) is 78.6 Å². The number of imidazole rings is 1. The van der Waals surface area contributed by atoms with Crippen molar-refractivity contribution < 1.29 is 28.5 Å². The fourth-order valence-corrected chi connectivity index (χ4v) is 5.67. The van der Waals surface area contributed by atoms with Crippen LogP contribution in [0.15, 0.2) is 67.5 Å². The molecule has 0 bridgehead atoms. The second-order valence-electron chi connectivity index (χ2n) is 10.7.